The number of halogens is 2. The van der Waals surface area contributed by atoms with Crippen molar-refractivity contribution in [2.45, 2.75) is 22.4 Å². The minimum atomic E-state index is -4.47. The first kappa shape index (κ1) is 26.6. The first-order valence-corrected chi connectivity index (χ1v) is 13.1. The summed E-state index contributed by atoms with van der Waals surface area (Å²) in [6, 6.07) is 7.68. The molecule has 0 spiro atoms. The molecule has 1 atom stereocenters. The maximum Gasteiger partial charge on any atom is 0.309 e. The number of nitrogens with zero attached hydrogens (tertiary/aromatic N) is 1. The first-order valence-electron chi connectivity index (χ1n) is 10.2. The molecule has 1 aliphatic heterocycles. The largest absolute Gasteiger partial charge is 0.359 e. The Morgan fingerprint density at radius 1 is 1.03 bits per heavy atom. The van der Waals surface area contributed by atoms with Gasteiger partial charge in [0.15, 0.2) is 0 Å². The molecule has 0 aliphatic carbocycles. The molecule has 4 N–H and O–H groups in total. The van der Waals surface area contributed by atoms with E-state index in [-0.39, 0.29) is 24.6 Å². The summed E-state index contributed by atoms with van der Waals surface area (Å²) in [5.74, 6) is -4.12. The predicted molar refractivity (Wildman–Crippen MR) is 118 cm³/mol. The van der Waals surface area contributed by atoms with Crippen LogP contribution in [0.15, 0.2) is 52.3 Å². The number of primary sulfonamides is 1. The quantitative estimate of drug-likeness (QED) is 0.383. The highest BCUT2D eigenvalue weighted by molar-refractivity contribution is 7.89. The van der Waals surface area contributed by atoms with Gasteiger partial charge in [0.05, 0.1) is 18.0 Å². The Kier molecular flexibility index (Phi) is 8.17. The van der Waals surface area contributed by atoms with E-state index in [4.69, 9.17) is 9.88 Å². The van der Waals surface area contributed by atoms with E-state index in [1.165, 1.54) is 24.3 Å². The van der Waals surface area contributed by atoms with E-state index in [0.717, 1.165) is 10.4 Å². The Labute approximate surface area is 200 Å². The maximum atomic E-state index is 14.0. The van der Waals surface area contributed by atoms with Gasteiger partial charge >= 0.3 is 11.8 Å². The van der Waals surface area contributed by atoms with Crippen LogP contribution in [0.2, 0.25) is 0 Å². The number of ether oxygens (including phenoxy) is 1. The first-order chi connectivity index (χ1) is 16.4. The van der Waals surface area contributed by atoms with Crippen molar-refractivity contribution in [2.75, 3.05) is 26.2 Å². The zero-order chi connectivity index (χ0) is 25.8. The van der Waals surface area contributed by atoms with Crippen LogP contribution in [0.1, 0.15) is 5.56 Å². The molecule has 0 saturated carbocycles. The van der Waals surface area contributed by atoms with Crippen molar-refractivity contribution < 1.29 is 39.9 Å². The lowest BCUT2D eigenvalue weighted by Gasteiger charge is -2.23. The molecule has 2 aromatic carbocycles. The Bertz CT molecular complexity index is 1320. The summed E-state index contributed by atoms with van der Waals surface area (Å²) in [5.41, 5.74) is 0.683. The van der Waals surface area contributed by atoms with Crippen molar-refractivity contribution in [2.24, 2.45) is 5.14 Å². The zero-order valence-electron chi connectivity index (χ0n) is 18.1. The van der Waals surface area contributed by atoms with Crippen LogP contribution >= 0.6 is 0 Å². The van der Waals surface area contributed by atoms with Gasteiger partial charge in [0.2, 0.25) is 20.0 Å². The van der Waals surface area contributed by atoms with Gasteiger partial charge in [-0.25, -0.2) is 30.8 Å². The number of nitrogens with two attached hydrogens (primary N) is 1. The van der Waals surface area contributed by atoms with E-state index in [1.54, 1.807) is 0 Å². The lowest BCUT2D eigenvalue weighted by atomic mass is 10.1. The second kappa shape index (κ2) is 10.7. The monoisotopic (exact) mass is 532 g/mol. The third-order valence-electron chi connectivity index (χ3n) is 5.02. The molecule has 0 aromatic heterocycles. The summed E-state index contributed by atoms with van der Waals surface area (Å²) >= 11 is 0. The van der Waals surface area contributed by atoms with E-state index in [1.807, 2.05) is 0 Å². The SMILES string of the molecule is NS(=O)(=O)c1ccc(CCNC(=O)C(=O)NC[C@@H]2OCCN2S(=O)(=O)c2cc(F)ccc2F)cc1. The molecule has 0 unspecified atom stereocenters. The lowest BCUT2D eigenvalue weighted by Crippen LogP contribution is -2.47. The Balaban J connectivity index is 1.52. The van der Waals surface area contributed by atoms with Crippen LogP contribution in [-0.2, 0) is 40.8 Å². The number of carbonyl (C=O) groups is 2. The zero-order valence-corrected chi connectivity index (χ0v) is 19.7. The predicted octanol–water partition coefficient (Wildman–Crippen LogP) is -0.566. The molecular formula is C20H22F2N4O7S2. The summed E-state index contributed by atoms with van der Waals surface area (Å²) in [6.45, 7) is -0.555. The molecule has 15 heteroatoms. The second-order valence-corrected chi connectivity index (χ2v) is 10.8. The van der Waals surface area contributed by atoms with Crippen molar-refractivity contribution in [3.8, 4) is 0 Å². The summed E-state index contributed by atoms with van der Waals surface area (Å²) in [6.07, 6.45) is -0.933. The number of hydrogen-bond donors (Lipinski definition) is 3. The van der Waals surface area contributed by atoms with E-state index in [2.05, 4.69) is 10.6 Å². The number of benzene rings is 2. The van der Waals surface area contributed by atoms with Crippen LogP contribution in [0.25, 0.3) is 0 Å². The van der Waals surface area contributed by atoms with Crippen LogP contribution in [0.5, 0.6) is 0 Å². The van der Waals surface area contributed by atoms with Crippen LogP contribution < -0.4 is 15.8 Å². The number of hydrogen-bond acceptors (Lipinski definition) is 7. The van der Waals surface area contributed by atoms with Gasteiger partial charge in [-0.1, -0.05) is 12.1 Å². The summed E-state index contributed by atoms with van der Waals surface area (Å²) in [7, 11) is -8.29. The minimum Gasteiger partial charge on any atom is -0.359 e. The Morgan fingerprint density at radius 3 is 2.34 bits per heavy atom. The van der Waals surface area contributed by atoms with E-state index in [0.29, 0.717) is 24.1 Å². The number of carbonyl (C=O) groups excluding carboxylic acids is 2. The molecule has 35 heavy (non-hydrogen) atoms. The number of sulfonamides is 2. The van der Waals surface area contributed by atoms with E-state index >= 15 is 0 Å². The van der Waals surface area contributed by atoms with E-state index in [9.17, 15) is 35.2 Å². The van der Waals surface area contributed by atoms with E-state index < -0.39 is 61.2 Å². The fraction of sp³-hybridized carbons (Fsp3) is 0.300. The maximum absolute atomic E-state index is 14.0. The number of amides is 2. The van der Waals surface area contributed by atoms with Gasteiger partial charge in [0.25, 0.3) is 0 Å². The van der Waals surface area contributed by atoms with Gasteiger partial charge in [-0.15, -0.1) is 0 Å². The molecule has 1 aliphatic rings. The van der Waals surface area contributed by atoms with Gasteiger partial charge in [-0.2, -0.15) is 4.31 Å². The van der Waals surface area contributed by atoms with Crippen molar-refractivity contribution in [1.82, 2.24) is 14.9 Å². The minimum absolute atomic E-state index is 0.0485. The van der Waals surface area contributed by atoms with Crippen LogP contribution in [0.4, 0.5) is 8.78 Å². The summed E-state index contributed by atoms with van der Waals surface area (Å²) < 4.78 is 81.5. The molecule has 1 heterocycles. The van der Waals surface area contributed by atoms with Crippen LogP contribution in [0.3, 0.4) is 0 Å². The molecule has 0 radical (unpaired) electrons. The molecule has 1 fully saturated rings. The average Bonchev–Trinajstić information content (AvgIpc) is 3.28. The van der Waals surface area contributed by atoms with Crippen LogP contribution in [0, 0.1) is 11.6 Å². The Hall–Kier alpha value is -2.98. The highest BCUT2D eigenvalue weighted by Crippen LogP contribution is 2.25. The van der Waals surface area contributed by atoms with Crippen molar-refractivity contribution in [3.05, 3.63) is 59.7 Å². The second-order valence-electron chi connectivity index (χ2n) is 7.42. The van der Waals surface area contributed by atoms with Gasteiger partial charge in [0.1, 0.15) is 22.8 Å². The highest BCUT2D eigenvalue weighted by Gasteiger charge is 2.38. The fourth-order valence-corrected chi connectivity index (χ4v) is 5.35. The lowest BCUT2D eigenvalue weighted by molar-refractivity contribution is -0.139. The smallest absolute Gasteiger partial charge is 0.309 e. The standard InChI is InChI=1S/C20H22F2N4O7S2/c21-14-3-6-16(22)17(11-14)35(31,32)26-9-10-33-18(26)12-25-20(28)19(27)24-8-7-13-1-4-15(5-2-13)34(23,29)30/h1-6,11,18H,7-10,12H2,(H,24,27)(H,25,28)(H2,23,29,30)/t18-/m0/s1. The fourth-order valence-electron chi connectivity index (χ4n) is 3.25. The average molecular weight is 533 g/mol. The van der Waals surface area contributed by atoms with Crippen molar-refractivity contribution >= 4 is 31.9 Å². The number of rotatable bonds is 8. The third kappa shape index (κ3) is 6.58. The molecule has 190 valence electrons. The highest BCUT2D eigenvalue weighted by atomic mass is 32.2. The van der Waals surface area contributed by atoms with Gasteiger partial charge in [-0.05, 0) is 42.3 Å². The molecule has 11 nitrogen and oxygen atoms in total. The molecule has 0 bridgehead atoms. The molecule has 2 amide bonds. The van der Waals surface area contributed by atoms with Crippen molar-refractivity contribution in [3.63, 3.8) is 0 Å². The van der Waals surface area contributed by atoms with Gasteiger partial charge < -0.3 is 15.4 Å². The van der Waals surface area contributed by atoms with Crippen molar-refractivity contribution in [1.29, 1.82) is 0 Å². The topological polar surface area (TPSA) is 165 Å². The van der Waals surface area contributed by atoms with Gasteiger partial charge in [0, 0.05) is 13.1 Å². The molecular weight excluding hydrogens is 510 g/mol. The van der Waals surface area contributed by atoms with Gasteiger partial charge in [-0.3, -0.25) is 9.59 Å². The summed E-state index contributed by atoms with van der Waals surface area (Å²) in [4.78, 5) is 23.2. The molecule has 3 rings (SSSR count). The molecule has 1 saturated heterocycles. The van der Waals surface area contributed by atoms with Crippen LogP contribution in [-0.4, -0.2) is 65.4 Å². The number of nitrogens with one attached hydrogen (secondary N) is 2. The summed E-state index contributed by atoms with van der Waals surface area (Å²) in [5, 5.41) is 9.64. The third-order valence-corrected chi connectivity index (χ3v) is 7.85. The Morgan fingerprint density at radius 2 is 1.69 bits per heavy atom. The molecule has 2 aromatic rings. The normalized spacial score (nSPS) is 16.7.